The largest absolute Gasteiger partial charge is 0.336 e. The number of piperidine rings is 1. The molecule has 1 aliphatic heterocycles. The number of benzene rings is 1. The van der Waals surface area contributed by atoms with E-state index in [-0.39, 0.29) is 22.4 Å². The molecule has 21 heavy (non-hydrogen) atoms. The number of halogens is 1. The maximum Gasteiger partial charge on any atom is 0.254 e. The molecule has 0 aliphatic carbocycles. The number of rotatable bonds is 2. The summed E-state index contributed by atoms with van der Waals surface area (Å²) in [5.74, 6) is -0.780. The Bertz CT molecular complexity index is 660. The normalized spacial score (nSPS) is 23.1. The Morgan fingerprint density at radius 2 is 1.95 bits per heavy atom. The molecule has 1 saturated heterocycles. The van der Waals surface area contributed by atoms with E-state index in [1.807, 2.05) is 13.8 Å². The fourth-order valence-corrected chi connectivity index (χ4v) is 3.16. The minimum atomic E-state index is -4.05. The van der Waals surface area contributed by atoms with Crippen molar-refractivity contribution < 1.29 is 17.6 Å². The number of likely N-dealkylation sites (tertiary alicyclic amines) is 1. The molecular weight excluding hydrogens is 295 g/mol. The molecule has 116 valence electrons. The molecule has 2 unspecified atom stereocenters. The van der Waals surface area contributed by atoms with Crippen LogP contribution < -0.4 is 5.14 Å². The summed E-state index contributed by atoms with van der Waals surface area (Å²) in [6.07, 6.45) is 1.92. The lowest BCUT2D eigenvalue weighted by molar-refractivity contribution is 0.0573. The summed E-state index contributed by atoms with van der Waals surface area (Å²) in [7, 11) is -4.05. The molecule has 2 rings (SSSR count). The lowest BCUT2D eigenvalue weighted by Gasteiger charge is -2.37. The van der Waals surface area contributed by atoms with E-state index in [9.17, 15) is 17.6 Å². The highest BCUT2D eigenvalue weighted by Gasteiger charge is 2.28. The molecule has 7 heteroatoms. The van der Waals surface area contributed by atoms with Crippen LogP contribution in [0.3, 0.4) is 0 Å². The molecule has 5 nitrogen and oxygen atoms in total. The lowest BCUT2D eigenvalue weighted by atomic mass is 9.94. The second-order valence-corrected chi connectivity index (χ2v) is 7.27. The summed E-state index contributed by atoms with van der Waals surface area (Å²) in [6, 6.07) is 3.04. The molecule has 1 heterocycles. The smallest absolute Gasteiger partial charge is 0.254 e. The summed E-state index contributed by atoms with van der Waals surface area (Å²) in [5.41, 5.74) is 0.0139. The van der Waals surface area contributed by atoms with Gasteiger partial charge in [-0.05, 0) is 43.9 Å². The number of hydrogen-bond acceptors (Lipinski definition) is 3. The van der Waals surface area contributed by atoms with Gasteiger partial charge in [0.25, 0.3) is 5.91 Å². The molecular formula is C14H19FN2O3S. The van der Waals surface area contributed by atoms with E-state index in [1.54, 1.807) is 4.90 Å². The van der Waals surface area contributed by atoms with Gasteiger partial charge in [0.15, 0.2) is 0 Å². The standard InChI is InChI=1S/C14H19FN2O3S/c1-9-3-4-10(2)17(8-9)14(18)11-5-12(15)7-13(6-11)21(16,19)20/h5-7,9-10H,3-4,8H2,1-2H3,(H2,16,19,20). The molecule has 0 aromatic heterocycles. The van der Waals surface area contributed by atoms with Gasteiger partial charge in [-0.15, -0.1) is 0 Å². The van der Waals surface area contributed by atoms with Crippen molar-refractivity contribution >= 4 is 15.9 Å². The van der Waals surface area contributed by atoms with Gasteiger partial charge in [-0.1, -0.05) is 6.92 Å². The summed E-state index contributed by atoms with van der Waals surface area (Å²) in [5, 5.41) is 5.00. The Kier molecular flexibility index (Phi) is 4.34. The first-order chi connectivity index (χ1) is 9.68. The molecule has 1 fully saturated rings. The zero-order valence-corrected chi connectivity index (χ0v) is 12.9. The Morgan fingerprint density at radius 3 is 2.57 bits per heavy atom. The number of sulfonamides is 1. The molecule has 2 atom stereocenters. The lowest BCUT2D eigenvalue weighted by Crippen LogP contribution is -2.45. The minimum Gasteiger partial charge on any atom is -0.336 e. The van der Waals surface area contributed by atoms with Gasteiger partial charge in [-0.2, -0.15) is 0 Å². The van der Waals surface area contributed by atoms with Crippen LogP contribution in [-0.2, 0) is 10.0 Å². The first-order valence-corrected chi connectivity index (χ1v) is 8.37. The molecule has 0 radical (unpaired) electrons. The summed E-state index contributed by atoms with van der Waals surface area (Å²) in [4.78, 5) is 13.8. The van der Waals surface area contributed by atoms with Crippen LogP contribution in [0, 0.1) is 11.7 Å². The van der Waals surface area contributed by atoms with E-state index >= 15 is 0 Å². The summed E-state index contributed by atoms with van der Waals surface area (Å²) >= 11 is 0. The Balaban J connectivity index is 2.37. The topological polar surface area (TPSA) is 80.5 Å². The van der Waals surface area contributed by atoms with Gasteiger partial charge >= 0.3 is 0 Å². The first kappa shape index (κ1) is 15.9. The minimum absolute atomic E-state index is 0.0139. The molecule has 1 amide bonds. The highest BCUT2D eigenvalue weighted by Crippen LogP contribution is 2.24. The van der Waals surface area contributed by atoms with Crippen molar-refractivity contribution in [2.75, 3.05) is 6.54 Å². The average molecular weight is 314 g/mol. The zero-order valence-electron chi connectivity index (χ0n) is 12.0. The molecule has 1 aliphatic rings. The van der Waals surface area contributed by atoms with Crippen molar-refractivity contribution in [2.24, 2.45) is 11.1 Å². The SMILES string of the molecule is CC1CCC(C)N(C(=O)c2cc(F)cc(S(N)(=O)=O)c2)C1. The van der Waals surface area contributed by atoms with E-state index in [0.717, 1.165) is 31.0 Å². The first-order valence-electron chi connectivity index (χ1n) is 6.83. The van der Waals surface area contributed by atoms with E-state index in [4.69, 9.17) is 5.14 Å². The maximum absolute atomic E-state index is 13.6. The average Bonchev–Trinajstić information content (AvgIpc) is 2.39. The van der Waals surface area contributed by atoms with Gasteiger partial charge in [0.1, 0.15) is 5.82 Å². The number of carbonyl (C=O) groups is 1. The van der Waals surface area contributed by atoms with Crippen molar-refractivity contribution in [1.29, 1.82) is 0 Å². The van der Waals surface area contributed by atoms with Crippen molar-refractivity contribution in [3.05, 3.63) is 29.6 Å². The molecule has 1 aromatic rings. The molecule has 2 N–H and O–H groups in total. The van der Waals surface area contributed by atoms with E-state index < -0.39 is 15.8 Å². The second-order valence-electron chi connectivity index (χ2n) is 5.71. The number of hydrogen-bond donors (Lipinski definition) is 1. The molecule has 0 saturated carbocycles. The van der Waals surface area contributed by atoms with Gasteiger partial charge in [0.2, 0.25) is 10.0 Å². The highest BCUT2D eigenvalue weighted by atomic mass is 32.2. The van der Waals surface area contributed by atoms with Crippen molar-refractivity contribution in [3.8, 4) is 0 Å². The van der Waals surface area contributed by atoms with Gasteiger partial charge in [-0.3, -0.25) is 4.79 Å². The third-order valence-electron chi connectivity index (χ3n) is 3.83. The van der Waals surface area contributed by atoms with Crippen LogP contribution in [0.2, 0.25) is 0 Å². The zero-order chi connectivity index (χ0) is 15.8. The Morgan fingerprint density at radius 1 is 1.29 bits per heavy atom. The quantitative estimate of drug-likeness (QED) is 0.902. The number of carbonyl (C=O) groups excluding carboxylic acids is 1. The van der Waals surface area contributed by atoms with Crippen LogP contribution in [0.4, 0.5) is 4.39 Å². The van der Waals surface area contributed by atoms with E-state index in [0.29, 0.717) is 12.5 Å². The third kappa shape index (κ3) is 3.59. The predicted molar refractivity (Wildman–Crippen MR) is 76.7 cm³/mol. The van der Waals surface area contributed by atoms with Crippen LogP contribution >= 0.6 is 0 Å². The third-order valence-corrected chi connectivity index (χ3v) is 4.72. The van der Waals surface area contributed by atoms with Crippen molar-refractivity contribution in [3.63, 3.8) is 0 Å². The number of primary sulfonamides is 1. The van der Waals surface area contributed by atoms with Crippen LogP contribution in [0.15, 0.2) is 23.1 Å². The molecule has 0 bridgehead atoms. The molecule has 0 spiro atoms. The monoisotopic (exact) mass is 314 g/mol. The number of amides is 1. The van der Waals surface area contributed by atoms with Crippen LogP contribution in [0.5, 0.6) is 0 Å². The summed E-state index contributed by atoms with van der Waals surface area (Å²) < 4.78 is 36.2. The second kappa shape index (κ2) is 5.73. The van der Waals surface area contributed by atoms with Crippen LogP contribution in [-0.4, -0.2) is 31.8 Å². The van der Waals surface area contributed by atoms with Crippen molar-refractivity contribution in [2.45, 2.75) is 37.6 Å². The fraction of sp³-hybridized carbons (Fsp3) is 0.500. The van der Waals surface area contributed by atoms with Crippen molar-refractivity contribution in [1.82, 2.24) is 4.90 Å². The van der Waals surface area contributed by atoms with Crippen LogP contribution in [0.1, 0.15) is 37.0 Å². The highest BCUT2D eigenvalue weighted by molar-refractivity contribution is 7.89. The van der Waals surface area contributed by atoms with E-state index in [2.05, 4.69) is 0 Å². The van der Waals surface area contributed by atoms with E-state index in [1.165, 1.54) is 0 Å². The maximum atomic E-state index is 13.6. The Hall–Kier alpha value is -1.47. The number of nitrogens with zero attached hydrogens (tertiary/aromatic N) is 1. The van der Waals surface area contributed by atoms with Crippen LogP contribution in [0.25, 0.3) is 0 Å². The van der Waals surface area contributed by atoms with Gasteiger partial charge in [0.05, 0.1) is 4.90 Å². The van der Waals surface area contributed by atoms with Gasteiger partial charge < -0.3 is 4.90 Å². The van der Waals surface area contributed by atoms with Gasteiger partial charge in [0, 0.05) is 18.2 Å². The molecule has 1 aromatic carbocycles. The fourth-order valence-electron chi connectivity index (χ4n) is 2.59. The Labute approximate surface area is 124 Å². The van der Waals surface area contributed by atoms with Gasteiger partial charge in [-0.25, -0.2) is 17.9 Å². The predicted octanol–water partition coefficient (Wildman–Crippen LogP) is 1.73. The number of nitrogens with two attached hydrogens (primary N) is 1. The summed E-state index contributed by atoms with van der Waals surface area (Å²) in [6.45, 7) is 4.57.